The summed E-state index contributed by atoms with van der Waals surface area (Å²) in [4.78, 5) is 15.6. The van der Waals surface area contributed by atoms with Crippen LogP contribution in [0.25, 0.3) is 112 Å². The van der Waals surface area contributed by atoms with Gasteiger partial charge >= 0.3 is 0 Å². The monoisotopic (exact) mass is 804 g/mol. The molecule has 2 aromatic heterocycles. The number of benzene rings is 9. The fourth-order valence-electron chi connectivity index (χ4n) is 8.42. The van der Waals surface area contributed by atoms with E-state index < -0.39 is 0 Å². The van der Waals surface area contributed by atoms with Crippen LogP contribution < -0.4 is 0 Å². The second kappa shape index (κ2) is 16.0. The van der Waals surface area contributed by atoms with Gasteiger partial charge in [0.15, 0.2) is 17.5 Å². The summed E-state index contributed by atoms with van der Waals surface area (Å²) < 4.78 is 6.64. The van der Waals surface area contributed by atoms with Gasteiger partial charge in [0.1, 0.15) is 11.2 Å². The molecule has 0 saturated heterocycles. The number of nitriles is 1. The summed E-state index contributed by atoms with van der Waals surface area (Å²) in [5.74, 6) is 1.61. The summed E-state index contributed by atoms with van der Waals surface area (Å²) in [5, 5.41) is 11.7. The highest BCUT2D eigenvalue weighted by Crippen LogP contribution is 2.40. The maximum atomic E-state index is 9.64. The zero-order valence-corrected chi connectivity index (χ0v) is 34.0. The summed E-state index contributed by atoms with van der Waals surface area (Å²) in [5.41, 5.74) is 15.4. The Balaban J connectivity index is 1.08. The van der Waals surface area contributed by atoms with Crippen molar-refractivity contribution in [3.63, 3.8) is 0 Å². The average molecular weight is 805 g/mol. The van der Waals surface area contributed by atoms with Crippen LogP contribution in [0.1, 0.15) is 5.56 Å². The SMILES string of the molecule is N#Cc1cccc(-c2cccc(-c3nc(-c4cc(-c5ccccc5)cc(-c5ccccc5)c4)nc(-c4ccc5c(c4)oc4cccc(-c6cccc(-c7ccccc7)c6)c45)n3)c2)c1. The predicted octanol–water partition coefficient (Wildman–Crippen LogP) is 15.0. The summed E-state index contributed by atoms with van der Waals surface area (Å²) in [7, 11) is 0. The van der Waals surface area contributed by atoms with Gasteiger partial charge in [0, 0.05) is 27.5 Å². The Hall–Kier alpha value is -8.72. The molecule has 0 saturated carbocycles. The Bertz CT molecular complexity index is 3460. The van der Waals surface area contributed by atoms with Crippen molar-refractivity contribution < 1.29 is 4.42 Å². The highest BCUT2D eigenvalue weighted by atomic mass is 16.3. The lowest BCUT2D eigenvalue weighted by Gasteiger charge is -2.13. The van der Waals surface area contributed by atoms with Crippen LogP contribution in [0.3, 0.4) is 0 Å². The molecule has 11 aromatic rings. The third-order valence-electron chi connectivity index (χ3n) is 11.5. The van der Waals surface area contributed by atoms with Gasteiger partial charge in [-0.3, -0.25) is 0 Å². The molecule has 294 valence electrons. The molecule has 0 N–H and O–H groups in total. The first kappa shape index (κ1) is 37.3. The first-order valence-corrected chi connectivity index (χ1v) is 20.9. The fourth-order valence-corrected chi connectivity index (χ4v) is 8.42. The van der Waals surface area contributed by atoms with E-state index in [2.05, 4.69) is 152 Å². The molecule has 0 fully saturated rings. The molecule has 0 aliphatic heterocycles. The van der Waals surface area contributed by atoms with Gasteiger partial charge in [-0.15, -0.1) is 0 Å². The van der Waals surface area contributed by atoms with Crippen molar-refractivity contribution in [1.82, 2.24) is 15.0 Å². The molecule has 0 amide bonds. The van der Waals surface area contributed by atoms with E-state index in [0.717, 1.165) is 88.7 Å². The van der Waals surface area contributed by atoms with Gasteiger partial charge in [-0.1, -0.05) is 158 Å². The van der Waals surface area contributed by atoms with Crippen molar-refractivity contribution in [2.45, 2.75) is 0 Å². The maximum Gasteiger partial charge on any atom is 0.164 e. The van der Waals surface area contributed by atoms with E-state index in [0.29, 0.717) is 23.0 Å². The molecule has 0 aliphatic carbocycles. The van der Waals surface area contributed by atoms with Crippen LogP contribution in [-0.4, -0.2) is 15.0 Å². The third-order valence-corrected chi connectivity index (χ3v) is 11.5. The standard InChI is InChI=1S/C58H36N4O/c59-37-38-14-10-21-42(30-38)44-23-12-25-46(32-44)56-60-57(62-58(61-56)50-34-48(40-17-6-2-7-18-40)33-49(35-50)41-19-8-3-9-20-41)47-28-29-52-54(36-47)63-53-27-13-26-51(55(52)53)45-24-11-22-43(31-45)39-15-4-1-5-16-39/h1-36H. The molecule has 0 radical (unpaired) electrons. The number of furan rings is 1. The van der Waals surface area contributed by atoms with E-state index >= 15 is 0 Å². The lowest BCUT2D eigenvalue weighted by atomic mass is 9.95. The van der Waals surface area contributed by atoms with Crippen molar-refractivity contribution in [3.05, 3.63) is 224 Å². The molecule has 5 nitrogen and oxygen atoms in total. The molecule has 0 spiro atoms. The van der Waals surface area contributed by atoms with Crippen LogP contribution in [0.4, 0.5) is 0 Å². The molecule has 0 unspecified atom stereocenters. The average Bonchev–Trinajstić information content (AvgIpc) is 3.75. The Morgan fingerprint density at radius 3 is 1.40 bits per heavy atom. The molecule has 0 aliphatic rings. The molecule has 11 rings (SSSR count). The lowest BCUT2D eigenvalue weighted by molar-refractivity contribution is 0.669. The summed E-state index contributed by atoms with van der Waals surface area (Å²) in [6.45, 7) is 0. The van der Waals surface area contributed by atoms with E-state index in [-0.39, 0.29) is 0 Å². The van der Waals surface area contributed by atoms with Crippen LogP contribution in [0.15, 0.2) is 223 Å². The molecule has 63 heavy (non-hydrogen) atoms. The van der Waals surface area contributed by atoms with Crippen molar-refractivity contribution >= 4 is 21.9 Å². The number of nitrogens with zero attached hydrogens (tertiary/aromatic N) is 4. The number of hydrogen-bond donors (Lipinski definition) is 0. The minimum atomic E-state index is 0.524. The molecule has 0 bridgehead atoms. The van der Waals surface area contributed by atoms with Crippen LogP contribution in [0.2, 0.25) is 0 Å². The van der Waals surface area contributed by atoms with E-state index in [1.165, 1.54) is 5.56 Å². The Morgan fingerprint density at radius 1 is 0.317 bits per heavy atom. The largest absolute Gasteiger partial charge is 0.456 e. The van der Waals surface area contributed by atoms with E-state index in [9.17, 15) is 5.26 Å². The van der Waals surface area contributed by atoms with Crippen molar-refractivity contribution in [2.75, 3.05) is 0 Å². The van der Waals surface area contributed by atoms with Crippen molar-refractivity contribution in [1.29, 1.82) is 5.26 Å². The molecular formula is C58H36N4O. The van der Waals surface area contributed by atoms with E-state index in [1.54, 1.807) is 0 Å². The number of fused-ring (bicyclic) bond motifs is 3. The minimum Gasteiger partial charge on any atom is -0.456 e. The lowest BCUT2D eigenvalue weighted by Crippen LogP contribution is -2.01. The number of rotatable bonds is 8. The normalized spacial score (nSPS) is 11.2. The third kappa shape index (κ3) is 7.33. The Labute approximate surface area is 364 Å². The zero-order valence-electron chi connectivity index (χ0n) is 34.0. The topological polar surface area (TPSA) is 75.6 Å². The quantitative estimate of drug-likeness (QED) is 0.153. The smallest absolute Gasteiger partial charge is 0.164 e. The van der Waals surface area contributed by atoms with Gasteiger partial charge in [0.2, 0.25) is 0 Å². The van der Waals surface area contributed by atoms with Gasteiger partial charge in [-0.25, -0.2) is 15.0 Å². The van der Waals surface area contributed by atoms with Gasteiger partial charge in [0.05, 0.1) is 11.6 Å². The van der Waals surface area contributed by atoms with Crippen LogP contribution in [-0.2, 0) is 0 Å². The molecule has 9 aromatic carbocycles. The number of aromatic nitrogens is 3. The Kier molecular flexibility index (Phi) is 9.50. The van der Waals surface area contributed by atoms with Gasteiger partial charge in [-0.05, 0) is 116 Å². The fraction of sp³-hybridized carbons (Fsp3) is 0. The minimum absolute atomic E-state index is 0.524. The van der Waals surface area contributed by atoms with Crippen LogP contribution >= 0.6 is 0 Å². The second-order valence-electron chi connectivity index (χ2n) is 15.5. The summed E-state index contributed by atoms with van der Waals surface area (Å²) in [6, 6.07) is 77.0. The van der Waals surface area contributed by atoms with Crippen molar-refractivity contribution in [3.8, 4) is 95.9 Å². The Morgan fingerprint density at radius 2 is 0.762 bits per heavy atom. The van der Waals surface area contributed by atoms with Gasteiger partial charge in [0.25, 0.3) is 0 Å². The molecule has 0 atom stereocenters. The summed E-state index contributed by atoms with van der Waals surface area (Å²) >= 11 is 0. The number of hydrogen-bond acceptors (Lipinski definition) is 5. The predicted molar refractivity (Wildman–Crippen MR) is 255 cm³/mol. The molecular weight excluding hydrogens is 769 g/mol. The van der Waals surface area contributed by atoms with E-state index in [1.807, 2.05) is 72.8 Å². The highest BCUT2D eigenvalue weighted by molar-refractivity contribution is 6.13. The molecule has 5 heteroatoms. The van der Waals surface area contributed by atoms with Crippen LogP contribution in [0, 0.1) is 11.3 Å². The maximum absolute atomic E-state index is 9.64. The first-order valence-electron chi connectivity index (χ1n) is 20.9. The van der Waals surface area contributed by atoms with Crippen LogP contribution in [0.5, 0.6) is 0 Å². The van der Waals surface area contributed by atoms with E-state index in [4.69, 9.17) is 19.4 Å². The highest BCUT2D eigenvalue weighted by Gasteiger charge is 2.18. The first-order chi connectivity index (χ1) is 31.1. The van der Waals surface area contributed by atoms with Gasteiger partial charge < -0.3 is 4.42 Å². The molecule has 2 heterocycles. The van der Waals surface area contributed by atoms with Gasteiger partial charge in [-0.2, -0.15) is 5.26 Å². The zero-order chi connectivity index (χ0) is 42.1. The van der Waals surface area contributed by atoms with Crippen molar-refractivity contribution in [2.24, 2.45) is 0 Å². The second-order valence-corrected chi connectivity index (χ2v) is 15.5. The summed E-state index contributed by atoms with van der Waals surface area (Å²) in [6.07, 6.45) is 0.